The van der Waals surface area contributed by atoms with E-state index in [9.17, 15) is 4.79 Å². The van der Waals surface area contributed by atoms with Crippen LogP contribution in [-0.4, -0.2) is 34.9 Å². The van der Waals surface area contributed by atoms with Crippen molar-refractivity contribution in [3.8, 4) is 11.5 Å². The van der Waals surface area contributed by atoms with E-state index in [0.29, 0.717) is 29.3 Å². The van der Waals surface area contributed by atoms with Gasteiger partial charge in [-0.05, 0) is 23.8 Å². The molecule has 0 aliphatic carbocycles. The Morgan fingerprint density at radius 1 is 1.00 bits per heavy atom. The fraction of sp³-hybridized carbons (Fsp3) is 0.136. The Bertz CT molecular complexity index is 1160. The highest BCUT2D eigenvalue weighted by atomic mass is 16.5. The summed E-state index contributed by atoms with van der Waals surface area (Å²) in [6, 6.07) is 17.0. The molecule has 29 heavy (non-hydrogen) atoms. The van der Waals surface area contributed by atoms with Crippen molar-refractivity contribution in [2.45, 2.75) is 6.54 Å². The average Bonchev–Trinajstić information content (AvgIpc) is 3.16. The van der Waals surface area contributed by atoms with E-state index in [1.807, 2.05) is 35.0 Å². The largest absolute Gasteiger partial charge is 0.493 e. The van der Waals surface area contributed by atoms with Crippen molar-refractivity contribution in [1.29, 1.82) is 0 Å². The number of pyridine rings is 1. The zero-order chi connectivity index (χ0) is 20.2. The summed E-state index contributed by atoms with van der Waals surface area (Å²) in [4.78, 5) is 17.1. The number of aromatic nitrogens is 3. The van der Waals surface area contributed by atoms with Crippen LogP contribution in [0.5, 0.6) is 11.5 Å². The number of hydrogen-bond acceptors (Lipinski definition) is 5. The van der Waals surface area contributed by atoms with Crippen LogP contribution in [0.15, 0.2) is 67.0 Å². The summed E-state index contributed by atoms with van der Waals surface area (Å²) in [5.41, 5.74) is 2.92. The van der Waals surface area contributed by atoms with Crippen LogP contribution in [0.1, 0.15) is 15.9 Å². The summed E-state index contributed by atoms with van der Waals surface area (Å²) < 4.78 is 12.3. The van der Waals surface area contributed by atoms with Gasteiger partial charge in [-0.2, -0.15) is 5.10 Å². The maximum Gasteiger partial charge on any atom is 0.257 e. The molecule has 1 amide bonds. The fourth-order valence-electron chi connectivity index (χ4n) is 3.09. The predicted molar refractivity (Wildman–Crippen MR) is 111 cm³/mol. The summed E-state index contributed by atoms with van der Waals surface area (Å²) in [5, 5.41) is 8.07. The molecule has 7 heteroatoms. The lowest BCUT2D eigenvalue weighted by Crippen LogP contribution is -2.12. The molecule has 2 aromatic heterocycles. The summed E-state index contributed by atoms with van der Waals surface area (Å²) in [7, 11) is 3.11. The Kier molecular flexibility index (Phi) is 5.11. The van der Waals surface area contributed by atoms with Crippen LogP contribution in [0.2, 0.25) is 0 Å². The standard InChI is InChI=1S/C22H20N4O3/c1-28-19-9-8-18(11-20(19)29-2)25-22(27)17-10-16-13-24-26(21(16)23-12-17)14-15-6-4-3-5-7-15/h3-13H,14H2,1-2H3,(H,25,27). The van der Waals surface area contributed by atoms with Gasteiger partial charge >= 0.3 is 0 Å². The van der Waals surface area contributed by atoms with E-state index in [4.69, 9.17) is 9.47 Å². The van der Waals surface area contributed by atoms with Crippen LogP contribution in [0.25, 0.3) is 11.0 Å². The Morgan fingerprint density at radius 3 is 2.55 bits per heavy atom. The van der Waals surface area contributed by atoms with Gasteiger partial charge in [0.25, 0.3) is 5.91 Å². The predicted octanol–water partition coefficient (Wildman–Crippen LogP) is 3.75. The topological polar surface area (TPSA) is 78.3 Å². The number of anilines is 1. The molecule has 0 spiro atoms. The van der Waals surface area contributed by atoms with Crippen molar-refractivity contribution in [3.63, 3.8) is 0 Å². The minimum absolute atomic E-state index is 0.262. The normalized spacial score (nSPS) is 10.7. The molecule has 4 rings (SSSR count). The molecule has 0 radical (unpaired) electrons. The number of rotatable bonds is 6. The Morgan fingerprint density at radius 2 is 1.79 bits per heavy atom. The third-order valence-corrected chi connectivity index (χ3v) is 4.55. The lowest BCUT2D eigenvalue weighted by atomic mass is 10.2. The third-order valence-electron chi connectivity index (χ3n) is 4.55. The van der Waals surface area contributed by atoms with Crippen molar-refractivity contribution in [1.82, 2.24) is 14.8 Å². The van der Waals surface area contributed by atoms with Gasteiger partial charge in [0.1, 0.15) is 0 Å². The lowest BCUT2D eigenvalue weighted by molar-refractivity contribution is 0.102. The van der Waals surface area contributed by atoms with Gasteiger partial charge in [-0.1, -0.05) is 30.3 Å². The van der Waals surface area contributed by atoms with Gasteiger partial charge in [-0.25, -0.2) is 9.67 Å². The molecule has 0 unspecified atom stereocenters. The molecule has 146 valence electrons. The Balaban J connectivity index is 1.54. The first-order valence-electron chi connectivity index (χ1n) is 9.07. The molecular formula is C22H20N4O3. The van der Waals surface area contributed by atoms with E-state index in [1.165, 1.54) is 0 Å². The van der Waals surface area contributed by atoms with Crippen molar-refractivity contribution in [2.24, 2.45) is 0 Å². The Labute approximate surface area is 167 Å². The molecule has 0 saturated carbocycles. The van der Waals surface area contributed by atoms with E-state index in [1.54, 1.807) is 50.9 Å². The highest BCUT2D eigenvalue weighted by molar-refractivity contribution is 6.05. The van der Waals surface area contributed by atoms with Crippen molar-refractivity contribution in [3.05, 3.63) is 78.1 Å². The maximum absolute atomic E-state index is 12.7. The molecule has 0 aliphatic rings. The van der Waals surface area contributed by atoms with E-state index >= 15 is 0 Å². The molecule has 4 aromatic rings. The van der Waals surface area contributed by atoms with Crippen molar-refractivity contribution >= 4 is 22.6 Å². The molecule has 2 heterocycles. The molecule has 7 nitrogen and oxygen atoms in total. The molecule has 1 N–H and O–H groups in total. The smallest absolute Gasteiger partial charge is 0.257 e. The van der Waals surface area contributed by atoms with Crippen LogP contribution in [-0.2, 0) is 6.54 Å². The molecular weight excluding hydrogens is 368 g/mol. The summed E-state index contributed by atoms with van der Waals surface area (Å²) in [5.74, 6) is 0.878. The maximum atomic E-state index is 12.7. The first kappa shape index (κ1) is 18.5. The number of carbonyl (C=O) groups excluding carboxylic acids is 1. The summed E-state index contributed by atoms with van der Waals surface area (Å²) in [6.45, 7) is 0.620. The van der Waals surface area contributed by atoms with Crippen molar-refractivity contribution < 1.29 is 14.3 Å². The highest BCUT2D eigenvalue weighted by Gasteiger charge is 2.12. The number of nitrogens with one attached hydrogen (secondary N) is 1. The van der Waals surface area contributed by atoms with Crippen molar-refractivity contribution in [2.75, 3.05) is 19.5 Å². The number of benzene rings is 2. The number of fused-ring (bicyclic) bond motifs is 1. The number of methoxy groups -OCH3 is 2. The second kappa shape index (κ2) is 8.02. The zero-order valence-corrected chi connectivity index (χ0v) is 16.1. The summed E-state index contributed by atoms with van der Waals surface area (Å²) >= 11 is 0. The van der Waals surface area contributed by atoms with E-state index < -0.39 is 0 Å². The van der Waals surface area contributed by atoms with Gasteiger partial charge in [0.05, 0.1) is 32.5 Å². The SMILES string of the molecule is COc1ccc(NC(=O)c2cnc3c(cnn3Cc3ccccc3)c2)cc1OC. The number of nitrogens with zero attached hydrogens (tertiary/aromatic N) is 3. The van der Waals surface area contributed by atoms with Crippen LogP contribution in [0.4, 0.5) is 5.69 Å². The van der Waals surface area contributed by atoms with Gasteiger partial charge in [-0.3, -0.25) is 4.79 Å². The number of carbonyl (C=O) groups is 1. The minimum Gasteiger partial charge on any atom is -0.493 e. The number of amides is 1. The van der Waals surface area contributed by atoms with Gasteiger partial charge in [0.2, 0.25) is 0 Å². The monoisotopic (exact) mass is 388 g/mol. The molecule has 0 bridgehead atoms. The second-order valence-corrected chi connectivity index (χ2v) is 6.45. The molecule has 2 aromatic carbocycles. The highest BCUT2D eigenvalue weighted by Crippen LogP contribution is 2.30. The molecule has 0 fully saturated rings. The molecule has 0 saturated heterocycles. The van der Waals surface area contributed by atoms with E-state index in [-0.39, 0.29) is 5.91 Å². The van der Waals surface area contributed by atoms with E-state index in [2.05, 4.69) is 15.4 Å². The lowest BCUT2D eigenvalue weighted by Gasteiger charge is -2.10. The van der Waals surface area contributed by atoms with Crippen LogP contribution in [0.3, 0.4) is 0 Å². The quantitative estimate of drug-likeness (QED) is 0.544. The molecule has 0 atom stereocenters. The average molecular weight is 388 g/mol. The number of hydrogen-bond donors (Lipinski definition) is 1. The van der Waals surface area contributed by atoms with Gasteiger partial charge in [0, 0.05) is 23.3 Å². The van der Waals surface area contributed by atoms with E-state index in [0.717, 1.165) is 16.6 Å². The van der Waals surface area contributed by atoms with Crippen LogP contribution < -0.4 is 14.8 Å². The number of ether oxygens (including phenoxy) is 2. The van der Waals surface area contributed by atoms with Gasteiger partial charge < -0.3 is 14.8 Å². The fourth-order valence-corrected chi connectivity index (χ4v) is 3.09. The third kappa shape index (κ3) is 3.89. The first-order chi connectivity index (χ1) is 14.2. The summed E-state index contributed by atoms with van der Waals surface area (Å²) in [6.07, 6.45) is 3.28. The van der Waals surface area contributed by atoms with Gasteiger partial charge in [-0.15, -0.1) is 0 Å². The van der Waals surface area contributed by atoms with Crippen LogP contribution >= 0.6 is 0 Å². The second-order valence-electron chi connectivity index (χ2n) is 6.45. The molecule has 0 aliphatic heterocycles. The zero-order valence-electron chi connectivity index (χ0n) is 16.1. The first-order valence-corrected chi connectivity index (χ1v) is 9.07. The van der Waals surface area contributed by atoms with Crippen LogP contribution in [0, 0.1) is 0 Å². The minimum atomic E-state index is -0.262. The van der Waals surface area contributed by atoms with Gasteiger partial charge in [0.15, 0.2) is 17.1 Å². The Hall–Kier alpha value is -3.87.